The number of allylic oxidation sites excluding steroid dienone is 4. The number of phosphoric acid groups is 1. The second-order valence-corrected chi connectivity index (χ2v) is 34.8. The first-order valence-corrected chi connectivity index (χ1v) is 48.0. The van der Waals surface area contributed by atoms with Crippen LogP contribution in [0.3, 0.4) is 0 Å². The molecule has 19 atom stereocenters. The second-order valence-electron chi connectivity index (χ2n) is 33.4. The lowest BCUT2D eigenvalue weighted by molar-refractivity contribution is -0.360. The van der Waals surface area contributed by atoms with Gasteiger partial charge in [-0.3, -0.25) is 28.2 Å². The van der Waals surface area contributed by atoms with Crippen molar-refractivity contribution < 1.29 is 122 Å². The first kappa shape index (κ1) is 107. The molecule has 25 nitrogen and oxygen atoms in total. The Kier molecular flexibility index (Phi) is 63.2. The molecule has 3 rings (SSSR count). The largest absolute Gasteiger partial charge is 0.472 e. The first-order chi connectivity index (χ1) is 56.1. The average molecular weight is 1680 g/mol. The number of aliphatic hydroxyl groups is 9. The van der Waals surface area contributed by atoms with Gasteiger partial charge in [-0.15, -0.1) is 0 Å². The van der Waals surface area contributed by atoms with Gasteiger partial charge in [0.2, 0.25) is 0 Å². The fourth-order valence-electron chi connectivity index (χ4n) is 15.3. The molecule has 116 heavy (non-hydrogen) atoms. The summed E-state index contributed by atoms with van der Waals surface area (Å²) in [6.45, 7) is 7.87. The van der Waals surface area contributed by atoms with Gasteiger partial charge in [0.15, 0.2) is 24.8 Å². The minimum absolute atomic E-state index is 0.0125. The van der Waals surface area contributed by atoms with E-state index in [2.05, 4.69) is 58.9 Å². The standard InChI is InChI=1S/C90H165O25P/c1-6-10-14-18-22-25-28-31-32-35-36-39-42-49-55-61-73(92)106-66-70(109-75(94)63-57-51-43-40-37-33-29-26-23-19-15-11-7-2)67-108-116(104,105)115-88-86(113-89-83(102)79(98)77(96)71(65-91)110-89)82(101)81(100)85(112-76(95)64-58-52-44-41-38-34-30-27-24-20-16-12-8-3)87(88)114-90-84(103)80(99)78(97)72(111-90)68-107-74(93)62-56-50-46-45-48-54-60-69(5)59-53-47-21-17-13-9-4/h33-34,37-38,69-72,77-91,96-103H,6-32,35-36,39-68H2,1-5H3,(H,104,105)/b37-33-,38-34-. The molecule has 2 saturated heterocycles. The Labute approximate surface area is 698 Å². The molecular formula is C90H165O25P. The van der Waals surface area contributed by atoms with Crippen molar-refractivity contribution in [2.75, 3.05) is 26.4 Å². The van der Waals surface area contributed by atoms with Gasteiger partial charge in [0.25, 0.3) is 0 Å². The van der Waals surface area contributed by atoms with Crippen LogP contribution in [0.2, 0.25) is 0 Å². The third-order valence-corrected chi connectivity index (χ3v) is 23.8. The van der Waals surface area contributed by atoms with Crippen molar-refractivity contribution in [1.82, 2.24) is 0 Å². The van der Waals surface area contributed by atoms with Gasteiger partial charge in [-0.1, -0.05) is 309 Å². The molecule has 680 valence electrons. The molecule has 26 heteroatoms. The van der Waals surface area contributed by atoms with Gasteiger partial charge in [-0.25, -0.2) is 4.57 Å². The number of aliphatic hydroxyl groups excluding tert-OH is 9. The van der Waals surface area contributed by atoms with Gasteiger partial charge in [0.1, 0.15) is 92.6 Å². The first-order valence-electron chi connectivity index (χ1n) is 46.5. The molecule has 3 fully saturated rings. The van der Waals surface area contributed by atoms with E-state index in [1.165, 1.54) is 167 Å². The van der Waals surface area contributed by atoms with E-state index >= 15 is 0 Å². The number of hydrogen-bond acceptors (Lipinski definition) is 24. The highest BCUT2D eigenvalue weighted by molar-refractivity contribution is 7.47. The third kappa shape index (κ3) is 48.7. The molecule has 0 bridgehead atoms. The summed E-state index contributed by atoms with van der Waals surface area (Å²) < 4.78 is 73.3. The van der Waals surface area contributed by atoms with Crippen molar-refractivity contribution in [2.45, 2.75) is 492 Å². The van der Waals surface area contributed by atoms with E-state index in [1.807, 2.05) is 0 Å². The normalized spacial score (nSPS) is 25.5. The second kappa shape index (κ2) is 68.4. The Bertz CT molecular complexity index is 2530. The number of unbranched alkanes of at least 4 members (excludes halogenated alkanes) is 42. The SMILES string of the molecule is CCCCCCCC/C=C\CCCCCC(=O)OC(COC(=O)CCCCCCCCCCCCCCCCC)COP(=O)(O)OC1C(OC2OC(CO)C(O)C(O)C2O)C(O)C(O)C(OC(=O)CCCCC/C=C\CCCCCCCC)C1OC1OC(COC(=O)CCCCCCCCC(C)CCCCCCCC)C(O)C(O)C1O. The van der Waals surface area contributed by atoms with Gasteiger partial charge in [-0.2, -0.15) is 0 Å². The predicted molar refractivity (Wildman–Crippen MR) is 449 cm³/mol. The minimum atomic E-state index is -5.81. The molecule has 2 heterocycles. The highest BCUT2D eigenvalue weighted by Gasteiger charge is 2.60. The molecule has 10 N–H and O–H groups in total. The quantitative estimate of drug-likeness (QED) is 0.00889. The number of carbonyl (C=O) groups excluding carboxylic acids is 4. The Morgan fingerprint density at radius 2 is 0.698 bits per heavy atom. The van der Waals surface area contributed by atoms with Crippen LogP contribution >= 0.6 is 7.82 Å². The van der Waals surface area contributed by atoms with Crippen LogP contribution in [0.1, 0.15) is 388 Å². The molecule has 0 aromatic heterocycles. The van der Waals surface area contributed by atoms with Crippen molar-refractivity contribution in [3.63, 3.8) is 0 Å². The number of carbonyl (C=O) groups is 4. The van der Waals surface area contributed by atoms with Gasteiger partial charge >= 0.3 is 31.7 Å². The lowest BCUT2D eigenvalue weighted by Gasteiger charge is -2.50. The van der Waals surface area contributed by atoms with Crippen LogP contribution in [0.25, 0.3) is 0 Å². The highest BCUT2D eigenvalue weighted by Crippen LogP contribution is 2.49. The lowest BCUT2D eigenvalue weighted by Crippen LogP contribution is -2.70. The van der Waals surface area contributed by atoms with Gasteiger partial charge in [0, 0.05) is 25.7 Å². The van der Waals surface area contributed by atoms with E-state index in [0.717, 1.165) is 116 Å². The minimum Gasteiger partial charge on any atom is -0.463 e. The fourth-order valence-corrected chi connectivity index (χ4v) is 16.3. The number of hydrogen-bond donors (Lipinski definition) is 10. The topological polar surface area (TPSA) is 380 Å². The van der Waals surface area contributed by atoms with E-state index in [1.54, 1.807) is 0 Å². The van der Waals surface area contributed by atoms with E-state index < -0.39 is 162 Å². The summed E-state index contributed by atoms with van der Waals surface area (Å²) in [7, 11) is -5.81. The average Bonchev–Trinajstić information content (AvgIpc) is 0.754. The summed E-state index contributed by atoms with van der Waals surface area (Å²) in [5, 5.41) is 102. The van der Waals surface area contributed by atoms with Crippen LogP contribution in [-0.2, 0) is 70.7 Å². The summed E-state index contributed by atoms with van der Waals surface area (Å²) >= 11 is 0. The van der Waals surface area contributed by atoms with Crippen LogP contribution in [0.5, 0.6) is 0 Å². The maximum absolute atomic E-state index is 14.9. The molecule has 1 saturated carbocycles. The molecule has 0 radical (unpaired) electrons. The zero-order valence-corrected chi connectivity index (χ0v) is 73.4. The van der Waals surface area contributed by atoms with Gasteiger partial charge < -0.3 is 88.7 Å². The van der Waals surface area contributed by atoms with Gasteiger partial charge in [0.05, 0.1) is 13.2 Å². The van der Waals surface area contributed by atoms with Gasteiger partial charge in [-0.05, 0) is 83.0 Å². The summed E-state index contributed by atoms with van der Waals surface area (Å²) in [5.41, 5.74) is 0. The summed E-state index contributed by atoms with van der Waals surface area (Å²) in [5.74, 6) is -2.32. The van der Waals surface area contributed by atoms with Crippen molar-refractivity contribution >= 4 is 31.7 Å². The van der Waals surface area contributed by atoms with Crippen LogP contribution in [0, 0.1) is 5.92 Å². The summed E-state index contributed by atoms with van der Waals surface area (Å²) in [6.07, 6.45) is 26.3. The van der Waals surface area contributed by atoms with E-state index in [4.69, 9.17) is 46.9 Å². The molecule has 2 aliphatic heterocycles. The summed E-state index contributed by atoms with van der Waals surface area (Å²) in [6, 6.07) is 0. The molecule has 3 aliphatic rings. The third-order valence-electron chi connectivity index (χ3n) is 22.8. The maximum atomic E-state index is 14.9. The smallest absolute Gasteiger partial charge is 0.463 e. The Morgan fingerprint density at radius 1 is 0.362 bits per heavy atom. The van der Waals surface area contributed by atoms with Crippen molar-refractivity contribution in [1.29, 1.82) is 0 Å². The number of phosphoric ester groups is 1. The van der Waals surface area contributed by atoms with Crippen molar-refractivity contribution in [3.05, 3.63) is 24.3 Å². The Morgan fingerprint density at radius 3 is 1.12 bits per heavy atom. The maximum Gasteiger partial charge on any atom is 0.472 e. The molecule has 1 aliphatic carbocycles. The van der Waals surface area contributed by atoms with E-state index in [9.17, 15) is 74.6 Å². The Hall–Kier alpha value is -3.05. The summed E-state index contributed by atoms with van der Waals surface area (Å²) in [4.78, 5) is 66.4. The lowest BCUT2D eigenvalue weighted by atomic mass is 9.84. The number of rotatable bonds is 74. The van der Waals surface area contributed by atoms with Crippen molar-refractivity contribution in [3.8, 4) is 0 Å². The van der Waals surface area contributed by atoms with Crippen LogP contribution in [0.15, 0.2) is 24.3 Å². The number of ether oxygens (including phenoxy) is 8. The predicted octanol–water partition coefficient (Wildman–Crippen LogP) is 16.8. The molecular weight excluding hydrogens is 1510 g/mol. The molecule has 0 amide bonds. The van der Waals surface area contributed by atoms with Crippen LogP contribution in [0.4, 0.5) is 0 Å². The zero-order chi connectivity index (χ0) is 84.8. The van der Waals surface area contributed by atoms with E-state index in [-0.39, 0.29) is 32.1 Å². The van der Waals surface area contributed by atoms with Crippen LogP contribution < -0.4 is 0 Å². The monoisotopic (exact) mass is 1680 g/mol. The molecule has 0 aromatic carbocycles. The number of esters is 4. The van der Waals surface area contributed by atoms with Crippen molar-refractivity contribution in [2.24, 2.45) is 5.92 Å². The molecule has 19 unspecified atom stereocenters. The highest BCUT2D eigenvalue weighted by atomic mass is 31.2. The van der Waals surface area contributed by atoms with Crippen LogP contribution in [-0.4, -0.2) is 205 Å². The molecule has 0 spiro atoms. The zero-order valence-electron chi connectivity index (χ0n) is 72.5. The molecule has 0 aromatic rings. The van der Waals surface area contributed by atoms with E-state index in [0.29, 0.717) is 44.4 Å². The Balaban J connectivity index is 1.93. The fraction of sp³-hybridized carbons (Fsp3) is 0.911.